The summed E-state index contributed by atoms with van der Waals surface area (Å²) in [6.45, 7) is 1.67. The molecule has 0 saturated carbocycles. The fourth-order valence-electron chi connectivity index (χ4n) is 1.01. The van der Waals surface area contributed by atoms with E-state index in [1.165, 1.54) is 0 Å². The van der Waals surface area contributed by atoms with Crippen molar-refractivity contribution in [1.82, 2.24) is 9.62 Å². The van der Waals surface area contributed by atoms with Gasteiger partial charge in [0, 0.05) is 13.1 Å². The molecule has 3 N–H and O–H groups in total. The van der Waals surface area contributed by atoms with Crippen LogP contribution in [-0.4, -0.2) is 52.8 Å². The second kappa shape index (κ2) is 7.17. The normalized spacial score (nSPS) is 12.3. The van der Waals surface area contributed by atoms with Gasteiger partial charge in [0.1, 0.15) is 0 Å². The topological polar surface area (TPSA) is 75.4 Å². The fourth-order valence-corrected chi connectivity index (χ4v) is 1.92. The third-order valence-corrected chi connectivity index (χ3v) is 3.16. The Balaban J connectivity index is 3.45. The molecule has 0 atom stereocenters. The van der Waals surface area contributed by atoms with Crippen molar-refractivity contribution in [2.45, 2.75) is 12.8 Å². The van der Waals surface area contributed by atoms with Crippen molar-refractivity contribution in [2.75, 3.05) is 39.5 Å². The molecule has 6 heteroatoms. The van der Waals surface area contributed by atoms with Gasteiger partial charge in [0.25, 0.3) is 0 Å². The minimum Gasteiger partial charge on any atom is -0.329 e. The molecule has 5 nitrogen and oxygen atoms in total. The first-order chi connectivity index (χ1) is 6.48. The van der Waals surface area contributed by atoms with Crippen LogP contribution in [0.1, 0.15) is 12.8 Å². The van der Waals surface area contributed by atoms with Crippen LogP contribution in [-0.2, 0) is 10.0 Å². The first kappa shape index (κ1) is 13.8. The van der Waals surface area contributed by atoms with Gasteiger partial charge in [-0.25, -0.2) is 13.1 Å². The van der Waals surface area contributed by atoms with E-state index in [0.29, 0.717) is 6.54 Å². The number of sulfonamides is 1. The van der Waals surface area contributed by atoms with E-state index in [2.05, 4.69) is 9.62 Å². The van der Waals surface area contributed by atoms with Crippen molar-refractivity contribution in [2.24, 2.45) is 5.73 Å². The van der Waals surface area contributed by atoms with Crippen molar-refractivity contribution < 1.29 is 8.42 Å². The van der Waals surface area contributed by atoms with Gasteiger partial charge in [0.05, 0.1) is 5.75 Å². The molecular formula is C8H21N3O2S. The molecule has 0 spiro atoms. The quantitative estimate of drug-likeness (QED) is 0.529. The number of nitrogens with two attached hydrogens (primary N) is 1. The zero-order valence-corrected chi connectivity index (χ0v) is 9.81. The van der Waals surface area contributed by atoms with Crippen LogP contribution in [0.4, 0.5) is 0 Å². The van der Waals surface area contributed by atoms with E-state index < -0.39 is 10.0 Å². The Morgan fingerprint density at radius 2 is 1.93 bits per heavy atom. The van der Waals surface area contributed by atoms with Crippen LogP contribution in [0.2, 0.25) is 0 Å². The van der Waals surface area contributed by atoms with Crippen molar-refractivity contribution in [3.8, 4) is 0 Å². The Morgan fingerprint density at radius 3 is 2.43 bits per heavy atom. The molecule has 0 bridgehead atoms. The van der Waals surface area contributed by atoms with E-state index in [1.807, 2.05) is 14.1 Å². The van der Waals surface area contributed by atoms with Crippen molar-refractivity contribution >= 4 is 10.0 Å². The smallest absolute Gasteiger partial charge is 0.212 e. The Kier molecular flexibility index (Phi) is 7.08. The summed E-state index contributed by atoms with van der Waals surface area (Å²) in [5, 5.41) is 0. The molecule has 0 fully saturated rings. The summed E-state index contributed by atoms with van der Waals surface area (Å²) < 4.78 is 24.8. The van der Waals surface area contributed by atoms with Crippen LogP contribution in [0.25, 0.3) is 0 Å². The second-order valence-electron chi connectivity index (χ2n) is 3.51. The molecule has 0 heterocycles. The third-order valence-electron chi connectivity index (χ3n) is 1.74. The molecule has 0 saturated heterocycles. The van der Waals surface area contributed by atoms with Crippen LogP contribution in [0.3, 0.4) is 0 Å². The van der Waals surface area contributed by atoms with Gasteiger partial charge in [-0.2, -0.15) is 0 Å². The zero-order chi connectivity index (χ0) is 11.0. The lowest BCUT2D eigenvalue weighted by molar-refractivity contribution is 0.394. The Hall–Kier alpha value is -0.170. The summed E-state index contributed by atoms with van der Waals surface area (Å²) in [5.41, 5.74) is 5.16. The largest absolute Gasteiger partial charge is 0.329 e. The summed E-state index contributed by atoms with van der Waals surface area (Å²) in [7, 11) is 0.876. The molecule has 0 aliphatic rings. The lowest BCUT2D eigenvalue weighted by Crippen LogP contribution is -2.30. The summed E-state index contributed by atoms with van der Waals surface area (Å²) in [4.78, 5) is 2.08. The molecular weight excluding hydrogens is 202 g/mol. The number of hydrogen-bond donors (Lipinski definition) is 2. The van der Waals surface area contributed by atoms with Gasteiger partial charge in [-0.3, -0.25) is 0 Å². The molecule has 0 rings (SSSR count). The van der Waals surface area contributed by atoms with Crippen molar-refractivity contribution in [3.05, 3.63) is 0 Å². The third kappa shape index (κ3) is 8.43. The highest BCUT2D eigenvalue weighted by Gasteiger charge is 2.06. The molecule has 0 aromatic carbocycles. The molecule has 0 aromatic rings. The van der Waals surface area contributed by atoms with Gasteiger partial charge in [0.15, 0.2) is 0 Å². The van der Waals surface area contributed by atoms with Gasteiger partial charge < -0.3 is 10.6 Å². The summed E-state index contributed by atoms with van der Waals surface area (Å²) in [6, 6.07) is 0. The predicted octanol–water partition coefficient (Wildman–Crippen LogP) is -0.794. The molecule has 14 heavy (non-hydrogen) atoms. The first-order valence-electron chi connectivity index (χ1n) is 4.80. The maximum absolute atomic E-state index is 11.1. The predicted molar refractivity (Wildman–Crippen MR) is 58.6 cm³/mol. The molecule has 0 aliphatic carbocycles. The summed E-state index contributed by atoms with van der Waals surface area (Å²) >= 11 is 0. The highest BCUT2D eigenvalue weighted by atomic mass is 32.2. The zero-order valence-electron chi connectivity index (χ0n) is 8.99. The molecule has 0 radical (unpaired) electrons. The van der Waals surface area contributed by atoms with E-state index in [0.717, 1.165) is 19.4 Å². The maximum atomic E-state index is 11.1. The van der Waals surface area contributed by atoms with Gasteiger partial charge in [0.2, 0.25) is 10.0 Å². The second-order valence-corrected chi connectivity index (χ2v) is 5.44. The average molecular weight is 223 g/mol. The molecule has 86 valence electrons. The monoisotopic (exact) mass is 223 g/mol. The first-order valence-corrected chi connectivity index (χ1v) is 6.45. The van der Waals surface area contributed by atoms with Crippen LogP contribution in [0.5, 0.6) is 0 Å². The van der Waals surface area contributed by atoms with E-state index in [1.54, 1.807) is 0 Å². The number of nitrogens with zero attached hydrogens (tertiary/aromatic N) is 1. The van der Waals surface area contributed by atoms with Gasteiger partial charge in [-0.05, 0) is 33.5 Å². The SMILES string of the molecule is CN(C)CCCCNS(=O)(=O)CCN. The maximum Gasteiger partial charge on any atom is 0.212 e. The van der Waals surface area contributed by atoms with Crippen LogP contribution in [0, 0.1) is 0 Å². The minimum absolute atomic E-state index is 0.0146. The Bertz CT molecular complexity index is 227. The van der Waals surface area contributed by atoms with E-state index in [9.17, 15) is 8.42 Å². The summed E-state index contributed by atoms with van der Waals surface area (Å²) in [5.74, 6) is 0.0146. The Labute approximate surface area is 86.7 Å². The van der Waals surface area contributed by atoms with Crippen molar-refractivity contribution in [1.29, 1.82) is 0 Å². The Morgan fingerprint density at radius 1 is 1.29 bits per heavy atom. The lowest BCUT2D eigenvalue weighted by Gasteiger charge is -2.09. The van der Waals surface area contributed by atoms with Crippen LogP contribution in [0.15, 0.2) is 0 Å². The minimum atomic E-state index is -3.12. The fraction of sp³-hybridized carbons (Fsp3) is 1.00. The van der Waals surface area contributed by atoms with Gasteiger partial charge in [-0.1, -0.05) is 0 Å². The van der Waals surface area contributed by atoms with Crippen molar-refractivity contribution in [3.63, 3.8) is 0 Å². The number of rotatable bonds is 8. The van der Waals surface area contributed by atoms with E-state index >= 15 is 0 Å². The molecule has 0 amide bonds. The van der Waals surface area contributed by atoms with E-state index in [4.69, 9.17) is 5.73 Å². The lowest BCUT2D eigenvalue weighted by atomic mass is 10.3. The highest BCUT2D eigenvalue weighted by molar-refractivity contribution is 7.89. The average Bonchev–Trinajstić information content (AvgIpc) is 2.02. The summed E-state index contributed by atoms with van der Waals surface area (Å²) in [6.07, 6.45) is 1.86. The van der Waals surface area contributed by atoms with E-state index in [-0.39, 0.29) is 12.3 Å². The molecule has 0 aromatic heterocycles. The van der Waals surface area contributed by atoms with Crippen LogP contribution >= 0.6 is 0 Å². The number of nitrogens with one attached hydrogen (secondary N) is 1. The number of hydrogen-bond acceptors (Lipinski definition) is 4. The highest BCUT2D eigenvalue weighted by Crippen LogP contribution is 1.90. The van der Waals surface area contributed by atoms with Crippen LogP contribution < -0.4 is 10.5 Å². The van der Waals surface area contributed by atoms with Gasteiger partial charge >= 0.3 is 0 Å². The molecule has 0 unspecified atom stereocenters. The number of unbranched alkanes of at least 4 members (excludes halogenated alkanes) is 1. The molecule has 0 aliphatic heterocycles. The van der Waals surface area contributed by atoms with Gasteiger partial charge in [-0.15, -0.1) is 0 Å². The standard InChI is InChI=1S/C8H21N3O2S/c1-11(2)7-4-3-6-10-14(12,13)8-5-9/h10H,3-9H2,1-2H3.